The summed E-state index contributed by atoms with van der Waals surface area (Å²) < 4.78 is 0. The number of rotatable bonds is 4. The zero-order valence-electron chi connectivity index (χ0n) is 16.8. The Labute approximate surface area is 175 Å². The summed E-state index contributed by atoms with van der Waals surface area (Å²) in [5.41, 5.74) is 6.04. The zero-order valence-corrected chi connectivity index (χ0v) is 17.6. The molecule has 4 nitrogen and oxygen atoms in total. The topological polar surface area (TPSA) is 41.1 Å². The van der Waals surface area contributed by atoms with Gasteiger partial charge in [0.25, 0.3) is 0 Å². The van der Waals surface area contributed by atoms with Crippen LogP contribution in [0.2, 0.25) is 0 Å². The Morgan fingerprint density at radius 2 is 1.62 bits per heavy atom. The number of thiophene rings is 1. The SMILES string of the molecule is Cc1ccc(-c2c(C)sc3ncnc(Nc4ccc(N5CCCC5)cc4)c23)cc1. The van der Waals surface area contributed by atoms with Gasteiger partial charge in [-0.25, -0.2) is 9.97 Å². The molecule has 0 saturated carbocycles. The Balaban J connectivity index is 1.52. The van der Waals surface area contributed by atoms with Gasteiger partial charge in [0, 0.05) is 34.9 Å². The van der Waals surface area contributed by atoms with Crippen LogP contribution >= 0.6 is 11.3 Å². The third-order valence-electron chi connectivity index (χ3n) is 5.61. The number of benzene rings is 2. The van der Waals surface area contributed by atoms with Crippen molar-refractivity contribution >= 4 is 38.7 Å². The van der Waals surface area contributed by atoms with Crippen LogP contribution in [0, 0.1) is 13.8 Å². The quantitative estimate of drug-likeness (QED) is 0.435. The number of hydrogen-bond acceptors (Lipinski definition) is 5. The molecule has 1 aliphatic heterocycles. The molecule has 5 heteroatoms. The average molecular weight is 401 g/mol. The molecule has 0 atom stereocenters. The molecule has 1 aliphatic rings. The van der Waals surface area contributed by atoms with Crippen LogP contribution < -0.4 is 10.2 Å². The van der Waals surface area contributed by atoms with Crippen molar-refractivity contribution in [2.24, 2.45) is 0 Å². The maximum absolute atomic E-state index is 4.59. The number of fused-ring (bicyclic) bond motifs is 1. The summed E-state index contributed by atoms with van der Waals surface area (Å²) >= 11 is 1.72. The fourth-order valence-corrected chi connectivity index (χ4v) is 5.09. The number of aromatic nitrogens is 2. The lowest BCUT2D eigenvalue weighted by atomic mass is 10.0. The molecule has 2 aromatic carbocycles. The minimum atomic E-state index is 0.865. The van der Waals surface area contributed by atoms with Crippen molar-refractivity contribution in [3.63, 3.8) is 0 Å². The van der Waals surface area contributed by atoms with E-state index in [4.69, 9.17) is 0 Å². The summed E-state index contributed by atoms with van der Waals surface area (Å²) in [6.45, 7) is 6.60. The van der Waals surface area contributed by atoms with Crippen LogP contribution in [0.1, 0.15) is 23.3 Å². The second-order valence-corrected chi connectivity index (χ2v) is 8.87. The van der Waals surface area contributed by atoms with E-state index in [1.807, 2.05) is 0 Å². The van der Waals surface area contributed by atoms with E-state index in [0.717, 1.165) is 34.8 Å². The summed E-state index contributed by atoms with van der Waals surface area (Å²) in [6.07, 6.45) is 4.23. The van der Waals surface area contributed by atoms with Crippen molar-refractivity contribution < 1.29 is 0 Å². The molecule has 5 rings (SSSR count). The molecular formula is C24H24N4S. The first-order chi connectivity index (χ1) is 14.2. The summed E-state index contributed by atoms with van der Waals surface area (Å²) in [6, 6.07) is 17.4. The minimum absolute atomic E-state index is 0.865. The van der Waals surface area contributed by atoms with Gasteiger partial charge in [0.1, 0.15) is 17.0 Å². The lowest BCUT2D eigenvalue weighted by molar-refractivity contribution is 0.949. The Hall–Kier alpha value is -2.92. The number of nitrogens with zero attached hydrogens (tertiary/aromatic N) is 3. The van der Waals surface area contributed by atoms with E-state index in [1.165, 1.54) is 40.1 Å². The van der Waals surface area contributed by atoms with Crippen LogP contribution in [0.5, 0.6) is 0 Å². The van der Waals surface area contributed by atoms with E-state index in [1.54, 1.807) is 17.7 Å². The van der Waals surface area contributed by atoms with Crippen molar-refractivity contribution in [1.29, 1.82) is 0 Å². The molecule has 1 fully saturated rings. The van der Waals surface area contributed by atoms with Crippen LogP contribution in [-0.4, -0.2) is 23.1 Å². The second-order valence-electron chi connectivity index (χ2n) is 7.67. The smallest absolute Gasteiger partial charge is 0.143 e. The maximum atomic E-state index is 4.59. The van der Waals surface area contributed by atoms with Gasteiger partial charge >= 0.3 is 0 Å². The molecule has 4 aromatic rings. The molecule has 29 heavy (non-hydrogen) atoms. The van der Waals surface area contributed by atoms with Gasteiger partial charge in [0.15, 0.2) is 0 Å². The first-order valence-electron chi connectivity index (χ1n) is 10.1. The van der Waals surface area contributed by atoms with Crippen molar-refractivity contribution in [2.45, 2.75) is 26.7 Å². The molecule has 1 saturated heterocycles. The van der Waals surface area contributed by atoms with Crippen molar-refractivity contribution in [1.82, 2.24) is 9.97 Å². The first-order valence-corrected chi connectivity index (χ1v) is 10.9. The van der Waals surface area contributed by atoms with Gasteiger partial charge in [-0.05, 0) is 56.5 Å². The largest absolute Gasteiger partial charge is 0.372 e. The van der Waals surface area contributed by atoms with Crippen molar-refractivity contribution in [2.75, 3.05) is 23.3 Å². The third kappa shape index (κ3) is 3.47. The molecule has 146 valence electrons. The summed E-state index contributed by atoms with van der Waals surface area (Å²) in [5.74, 6) is 0.865. The van der Waals surface area contributed by atoms with Crippen molar-refractivity contribution in [3.05, 3.63) is 65.3 Å². The molecular weight excluding hydrogens is 376 g/mol. The highest BCUT2D eigenvalue weighted by Gasteiger charge is 2.17. The Bertz CT molecular complexity index is 1140. The molecule has 0 bridgehead atoms. The highest BCUT2D eigenvalue weighted by Crippen LogP contribution is 2.41. The van der Waals surface area contributed by atoms with Crippen molar-refractivity contribution in [3.8, 4) is 11.1 Å². The lowest BCUT2D eigenvalue weighted by Gasteiger charge is -2.18. The lowest BCUT2D eigenvalue weighted by Crippen LogP contribution is -2.17. The van der Waals surface area contributed by atoms with E-state index >= 15 is 0 Å². The predicted molar refractivity (Wildman–Crippen MR) is 123 cm³/mol. The third-order valence-corrected chi connectivity index (χ3v) is 6.62. The van der Waals surface area contributed by atoms with E-state index < -0.39 is 0 Å². The second kappa shape index (κ2) is 7.48. The van der Waals surface area contributed by atoms with Gasteiger partial charge in [-0.2, -0.15) is 0 Å². The molecule has 0 unspecified atom stereocenters. The van der Waals surface area contributed by atoms with Gasteiger partial charge in [0.05, 0.1) is 5.39 Å². The van der Waals surface area contributed by atoms with Gasteiger partial charge in [-0.15, -0.1) is 11.3 Å². The maximum Gasteiger partial charge on any atom is 0.143 e. The van der Waals surface area contributed by atoms with Crippen LogP contribution in [-0.2, 0) is 0 Å². The molecule has 3 heterocycles. The van der Waals surface area contributed by atoms with Crippen LogP contribution in [0.3, 0.4) is 0 Å². The zero-order chi connectivity index (χ0) is 19.8. The summed E-state index contributed by atoms with van der Waals surface area (Å²) in [7, 11) is 0. The van der Waals surface area contributed by atoms with Crippen LogP contribution in [0.25, 0.3) is 21.3 Å². The number of nitrogens with one attached hydrogen (secondary N) is 1. The van der Waals surface area contributed by atoms with Gasteiger partial charge in [-0.1, -0.05) is 29.8 Å². The minimum Gasteiger partial charge on any atom is -0.372 e. The predicted octanol–water partition coefficient (Wildman–Crippen LogP) is 6.32. The Kier molecular flexibility index (Phi) is 4.68. The monoisotopic (exact) mass is 400 g/mol. The Morgan fingerprint density at radius 3 is 2.34 bits per heavy atom. The fourth-order valence-electron chi connectivity index (χ4n) is 4.07. The molecule has 0 amide bonds. The molecule has 0 spiro atoms. The highest BCUT2D eigenvalue weighted by atomic mass is 32.1. The standard InChI is InChI=1S/C24H24N4S/c1-16-5-7-18(8-6-16)21-17(2)29-24-22(21)23(25-15-26-24)27-19-9-11-20(12-10-19)28-13-3-4-14-28/h5-12,15H,3-4,13-14H2,1-2H3,(H,25,26,27). The number of aryl methyl sites for hydroxylation is 2. The van der Waals surface area contributed by atoms with E-state index in [9.17, 15) is 0 Å². The molecule has 0 radical (unpaired) electrons. The Morgan fingerprint density at radius 1 is 0.897 bits per heavy atom. The van der Waals surface area contributed by atoms with Gasteiger partial charge in [0.2, 0.25) is 0 Å². The van der Waals surface area contributed by atoms with E-state index in [-0.39, 0.29) is 0 Å². The van der Waals surface area contributed by atoms with Crippen LogP contribution in [0.4, 0.5) is 17.2 Å². The van der Waals surface area contributed by atoms with Gasteiger partial charge in [-0.3, -0.25) is 0 Å². The van der Waals surface area contributed by atoms with Gasteiger partial charge < -0.3 is 10.2 Å². The normalized spacial score (nSPS) is 13.9. The molecule has 1 N–H and O–H groups in total. The fraction of sp³-hybridized carbons (Fsp3) is 0.250. The average Bonchev–Trinajstić information content (AvgIpc) is 3.37. The molecule has 0 aliphatic carbocycles. The number of anilines is 3. The first kappa shape index (κ1) is 18.1. The molecule has 2 aromatic heterocycles. The van der Waals surface area contributed by atoms with E-state index in [0.29, 0.717) is 0 Å². The van der Waals surface area contributed by atoms with E-state index in [2.05, 4.69) is 82.6 Å². The summed E-state index contributed by atoms with van der Waals surface area (Å²) in [5, 5.41) is 4.64. The van der Waals surface area contributed by atoms with Crippen LogP contribution in [0.15, 0.2) is 54.9 Å². The highest BCUT2D eigenvalue weighted by molar-refractivity contribution is 7.19. The number of hydrogen-bond donors (Lipinski definition) is 1. The summed E-state index contributed by atoms with van der Waals surface area (Å²) in [4.78, 5) is 13.9.